The molecule has 0 aromatic rings. The number of fused-ring (bicyclic) bond motifs is 2. The maximum atomic E-state index is 8.48. The van der Waals surface area contributed by atoms with Gasteiger partial charge in [-0.15, -0.1) is 0 Å². The van der Waals surface area contributed by atoms with Gasteiger partial charge in [-0.05, 0) is 31.6 Å². The van der Waals surface area contributed by atoms with Crippen molar-refractivity contribution in [1.82, 2.24) is 0 Å². The van der Waals surface area contributed by atoms with Gasteiger partial charge in [0, 0.05) is 5.92 Å². The van der Waals surface area contributed by atoms with Gasteiger partial charge in [0.2, 0.25) is 0 Å². The summed E-state index contributed by atoms with van der Waals surface area (Å²) < 4.78 is 0. The number of rotatable bonds is 0. The molecular weight excluding hydrogens is 114 g/mol. The summed E-state index contributed by atoms with van der Waals surface area (Å²) in [6.07, 6.45) is 4.99. The lowest BCUT2D eigenvalue weighted by atomic mass is 9.99. The van der Waals surface area contributed by atoms with E-state index < -0.39 is 0 Å². The molecule has 0 heterocycles. The lowest BCUT2D eigenvalue weighted by Crippen LogP contribution is -2.08. The highest BCUT2D eigenvalue weighted by atomic mass is 16.4. The Morgan fingerprint density at radius 3 is 2.67 bits per heavy atom. The lowest BCUT2D eigenvalue weighted by molar-refractivity contribution is 0.313. The second kappa shape index (κ2) is 1.72. The zero-order valence-electron chi connectivity index (χ0n) is 5.38. The minimum atomic E-state index is 0.653. The fourth-order valence-corrected chi connectivity index (χ4v) is 2.15. The molecule has 0 amide bonds. The fraction of sp³-hybridized carbons (Fsp3) is 0.857. The third-order valence-electron chi connectivity index (χ3n) is 2.64. The van der Waals surface area contributed by atoms with Crippen LogP contribution in [0.2, 0.25) is 0 Å². The smallest absolute Gasteiger partial charge is 0.0604 e. The van der Waals surface area contributed by atoms with Crippen LogP contribution in [0.5, 0.6) is 0 Å². The molecule has 0 radical (unpaired) electrons. The van der Waals surface area contributed by atoms with Crippen LogP contribution in [0.15, 0.2) is 5.16 Å². The molecule has 2 fully saturated rings. The summed E-state index contributed by atoms with van der Waals surface area (Å²) in [5.41, 5.74) is 1.06. The van der Waals surface area contributed by atoms with Crippen molar-refractivity contribution < 1.29 is 5.21 Å². The van der Waals surface area contributed by atoms with E-state index in [-0.39, 0.29) is 0 Å². The standard InChI is InChI=1S/C7H11NO/c9-8-7-4-5-1-2-6(7)3-5/h5-6,9H,1-4H2/b8-7+/t5?,6-/m1/s1. The first-order valence-corrected chi connectivity index (χ1v) is 3.61. The van der Waals surface area contributed by atoms with Crippen molar-refractivity contribution in [3.8, 4) is 0 Å². The number of hydrogen-bond donors (Lipinski definition) is 1. The monoisotopic (exact) mass is 125 g/mol. The van der Waals surface area contributed by atoms with Crippen molar-refractivity contribution >= 4 is 5.71 Å². The van der Waals surface area contributed by atoms with Gasteiger partial charge >= 0.3 is 0 Å². The van der Waals surface area contributed by atoms with Crippen molar-refractivity contribution in [2.75, 3.05) is 0 Å². The van der Waals surface area contributed by atoms with Crippen molar-refractivity contribution in [2.45, 2.75) is 25.7 Å². The summed E-state index contributed by atoms with van der Waals surface area (Å²) in [7, 11) is 0. The summed E-state index contributed by atoms with van der Waals surface area (Å²) in [6.45, 7) is 0. The van der Waals surface area contributed by atoms with Crippen LogP contribution in [0.4, 0.5) is 0 Å². The van der Waals surface area contributed by atoms with Crippen LogP contribution in [0, 0.1) is 11.8 Å². The molecule has 2 heteroatoms. The normalized spacial score (nSPS) is 44.7. The molecule has 2 atom stereocenters. The minimum Gasteiger partial charge on any atom is -0.411 e. The van der Waals surface area contributed by atoms with Gasteiger partial charge in [-0.3, -0.25) is 0 Å². The highest BCUT2D eigenvalue weighted by Crippen LogP contribution is 2.42. The van der Waals surface area contributed by atoms with Crippen LogP contribution in [0.1, 0.15) is 25.7 Å². The molecule has 50 valence electrons. The van der Waals surface area contributed by atoms with Crippen LogP contribution in [-0.2, 0) is 0 Å². The van der Waals surface area contributed by atoms with E-state index in [1.165, 1.54) is 19.3 Å². The maximum absolute atomic E-state index is 8.48. The molecule has 2 rings (SSSR count). The average Bonchev–Trinajstić information content (AvgIpc) is 2.45. The predicted molar refractivity (Wildman–Crippen MR) is 34.7 cm³/mol. The third kappa shape index (κ3) is 0.655. The summed E-state index contributed by atoms with van der Waals surface area (Å²) in [5, 5.41) is 11.8. The van der Waals surface area contributed by atoms with Crippen LogP contribution < -0.4 is 0 Å². The second-order valence-electron chi connectivity index (χ2n) is 3.17. The van der Waals surface area contributed by atoms with E-state index in [0.29, 0.717) is 5.92 Å². The van der Waals surface area contributed by atoms with Gasteiger partial charge in [-0.25, -0.2) is 0 Å². The van der Waals surface area contributed by atoms with Crippen LogP contribution in [0.25, 0.3) is 0 Å². The third-order valence-corrected chi connectivity index (χ3v) is 2.64. The molecule has 0 aromatic carbocycles. The van der Waals surface area contributed by atoms with Gasteiger partial charge < -0.3 is 5.21 Å². The summed E-state index contributed by atoms with van der Waals surface area (Å²) >= 11 is 0. The van der Waals surface area contributed by atoms with Crippen LogP contribution >= 0.6 is 0 Å². The van der Waals surface area contributed by atoms with Crippen LogP contribution in [0.3, 0.4) is 0 Å². The van der Waals surface area contributed by atoms with Crippen molar-refractivity contribution in [1.29, 1.82) is 0 Å². The summed E-state index contributed by atoms with van der Waals surface area (Å²) in [5.74, 6) is 1.51. The molecule has 0 aliphatic heterocycles. The number of oxime groups is 1. The van der Waals surface area contributed by atoms with Gasteiger partial charge in [0.25, 0.3) is 0 Å². The van der Waals surface area contributed by atoms with E-state index in [1.807, 2.05) is 0 Å². The first kappa shape index (κ1) is 5.27. The molecule has 0 spiro atoms. The van der Waals surface area contributed by atoms with E-state index in [9.17, 15) is 0 Å². The SMILES string of the molecule is O/N=C1\CC2CC[C@@H]1C2. The Bertz CT molecular complexity index is 153. The molecule has 2 bridgehead atoms. The second-order valence-corrected chi connectivity index (χ2v) is 3.17. The Labute approximate surface area is 54.6 Å². The average molecular weight is 125 g/mol. The first-order chi connectivity index (χ1) is 4.40. The van der Waals surface area contributed by atoms with E-state index in [4.69, 9.17) is 5.21 Å². The van der Waals surface area contributed by atoms with Crippen molar-refractivity contribution in [3.63, 3.8) is 0 Å². The van der Waals surface area contributed by atoms with E-state index >= 15 is 0 Å². The number of hydrogen-bond acceptors (Lipinski definition) is 2. The highest BCUT2D eigenvalue weighted by Gasteiger charge is 2.36. The molecule has 9 heavy (non-hydrogen) atoms. The van der Waals surface area contributed by atoms with Crippen molar-refractivity contribution in [3.05, 3.63) is 0 Å². The maximum Gasteiger partial charge on any atom is 0.0604 e. The summed E-state index contributed by atoms with van der Waals surface area (Å²) in [4.78, 5) is 0. The molecular formula is C7H11NO. The fourth-order valence-electron chi connectivity index (χ4n) is 2.15. The van der Waals surface area contributed by atoms with Gasteiger partial charge in [0.05, 0.1) is 5.71 Å². The van der Waals surface area contributed by atoms with Gasteiger partial charge in [-0.2, -0.15) is 0 Å². The molecule has 0 saturated heterocycles. The molecule has 2 aliphatic rings. The lowest BCUT2D eigenvalue weighted by Gasteiger charge is -2.08. The molecule has 2 aliphatic carbocycles. The Hall–Kier alpha value is -0.530. The Morgan fingerprint density at radius 2 is 2.33 bits per heavy atom. The van der Waals surface area contributed by atoms with Gasteiger partial charge in [0.1, 0.15) is 0 Å². The quantitative estimate of drug-likeness (QED) is 0.387. The Balaban J connectivity index is 2.18. The zero-order chi connectivity index (χ0) is 6.27. The van der Waals surface area contributed by atoms with Gasteiger partial charge in [0.15, 0.2) is 0 Å². The predicted octanol–water partition coefficient (Wildman–Crippen LogP) is 1.64. The van der Waals surface area contributed by atoms with Crippen LogP contribution in [-0.4, -0.2) is 10.9 Å². The largest absolute Gasteiger partial charge is 0.411 e. The molecule has 2 nitrogen and oxygen atoms in total. The molecule has 1 unspecified atom stereocenters. The van der Waals surface area contributed by atoms with Gasteiger partial charge in [-0.1, -0.05) is 5.16 Å². The topological polar surface area (TPSA) is 32.6 Å². The molecule has 1 N–H and O–H groups in total. The van der Waals surface area contributed by atoms with Crippen molar-refractivity contribution in [2.24, 2.45) is 17.0 Å². The first-order valence-electron chi connectivity index (χ1n) is 3.61. The summed E-state index contributed by atoms with van der Waals surface area (Å²) in [6, 6.07) is 0. The van der Waals surface area contributed by atoms with E-state index in [0.717, 1.165) is 18.1 Å². The zero-order valence-corrected chi connectivity index (χ0v) is 5.38. The molecule has 0 aromatic heterocycles. The Morgan fingerprint density at radius 1 is 1.44 bits per heavy atom. The highest BCUT2D eigenvalue weighted by molar-refractivity contribution is 5.89. The van der Waals surface area contributed by atoms with E-state index in [1.54, 1.807) is 0 Å². The number of nitrogens with zero attached hydrogens (tertiary/aromatic N) is 1. The Kier molecular flexibility index (Phi) is 1.01. The molecule has 2 saturated carbocycles. The minimum absolute atomic E-state index is 0.653. The van der Waals surface area contributed by atoms with E-state index in [2.05, 4.69) is 5.16 Å².